The van der Waals surface area contributed by atoms with E-state index in [1.165, 1.54) is 18.4 Å². The molecule has 1 atom stereocenters. The van der Waals surface area contributed by atoms with E-state index >= 15 is 0 Å². The molecule has 0 aromatic heterocycles. The van der Waals surface area contributed by atoms with E-state index in [2.05, 4.69) is 26.0 Å². The molecule has 0 amide bonds. The van der Waals surface area contributed by atoms with Gasteiger partial charge in [-0.3, -0.25) is 0 Å². The molecule has 0 spiro atoms. The van der Waals surface area contributed by atoms with Crippen LogP contribution in [0.4, 0.5) is 0 Å². The van der Waals surface area contributed by atoms with Gasteiger partial charge >= 0.3 is 0 Å². The molecule has 0 saturated heterocycles. The molecule has 1 unspecified atom stereocenters. The Morgan fingerprint density at radius 1 is 1.25 bits per heavy atom. The van der Waals surface area contributed by atoms with E-state index in [9.17, 15) is 0 Å². The molecule has 1 heteroatoms. The van der Waals surface area contributed by atoms with Gasteiger partial charge in [-0.25, -0.2) is 0 Å². The Morgan fingerprint density at radius 3 is 2.33 bits per heavy atom. The fraction of sp³-hybridized carbons (Fsp3) is 0.455. The second kappa shape index (κ2) is 4.51. The van der Waals surface area contributed by atoms with Gasteiger partial charge in [0.2, 0.25) is 0 Å². The SMILES string of the molecule is CCCC(C)c1ccc(Cl)cc1. The quantitative estimate of drug-likeness (QED) is 0.656. The van der Waals surface area contributed by atoms with Gasteiger partial charge in [-0.15, -0.1) is 0 Å². The summed E-state index contributed by atoms with van der Waals surface area (Å²) in [4.78, 5) is 0. The van der Waals surface area contributed by atoms with E-state index in [4.69, 9.17) is 11.6 Å². The summed E-state index contributed by atoms with van der Waals surface area (Å²) in [6.07, 6.45) is 2.49. The summed E-state index contributed by atoms with van der Waals surface area (Å²) in [6.45, 7) is 4.47. The lowest BCUT2D eigenvalue weighted by atomic mass is 9.97. The van der Waals surface area contributed by atoms with Crippen LogP contribution in [0.15, 0.2) is 24.3 Å². The van der Waals surface area contributed by atoms with Crippen molar-refractivity contribution in [3.05, 3.63) is 34.9 Å². The molecular formula is C11H15Cl. The van der Waals surface area contributed by atoms with E-state index in [-0.39, 0.29) is 0 Å². The molecule has 0 bridgehead atoms. The van der Waals surface area contributed by atoms with E-state index in [0.29, 0.717) is 5.92 Å². The smallest absolute Gasteiger partial charge is 0.0406 e. The zero-order chi connectivity index (χ0) is 8.97. The Labute approximate surface area is 79.6 Å². The van der Waals surface area contributed by atoms with Crippen molar-refractivity contribution >= 4 is 11.6 Å². The molecule has 0 saturated carbocycles. The summed E-state index contributed by atoms with van der Waals surface area (Å²) in [5, 5.41) is 0.822. The van der Waals surface area contributed by atoms with Crippen molar-refractivity contribution in [3.8, 4) is 0 Å². The molecule has 0 heterocycles. The summed E-state index contributed by atoms with van der Waals surface area (Å²) >= 11 is 5.79. The number of hydrogen-bond donors (Lipinski definition) is 0. The lowest BCUT2D eigenvalue weighted by molar-refractivity contribution is 0.665. The highest BCUT2D eigenvalue weighted by Crippen LogP contribution is 2.21. The normalized spacial score (nSPS) is 12.9. The first kappa shape index (κ1) is 9.60. The van der Waals surface area contributed by atoms with Gasteiger partial charge in [0.05, 0.1) is 0 Å². The van der Waals surface area contributed by atoms with Crippen LogP contribution in [0.3, 0.4) is 0 Å². The number of halogens is 1. The van der Waals surface area contributed by atoms with Crippen molar-refractivity contribution in [2.75, 3.05) is 0 Å². The maximum Gasteiger partial charge on any atom is 0.0406 e. The highest BCUT2D eigenvalue weighted by Gasteiger charge is 2.02. The van der Waals surface area contributed by atoms with Crippen LogP contribution in [-0.4, -0.2) is 0 Å². The lowest BCUT2D eigenvalue weighted by Gasteiger charge is -2.09. The minimum Gasteiger partial charge on any atom is -0.0843 e. The third kappa shape index (κ3) is 2.53. The summed E-state index contributed by atoms with van der Waals surface area (Å²) in [5.41, 5.74) is 1.39. The monoisotopic (exact) mass is 182 g/mol. The van der Waals surface area contributed by atoms with Crippen LogP contribution in [0.1, 0.15) is 38.2 Å². The fourth-order valence-corrected chi connectivity index (χ4v) is 1.52. The van der Waals surface area contributed by atoms with Crippen molar-refractivity contribution in [3.63, 3.8) is 0 Å². The predicted octanol–water partition coefficient (Wildman–Crippen LogP) is 4.24. The van der Waals surface area contributed by atoms with Crippen molar-refractivity contribution < 1.29 is 0 Å². The molecule has 1 aromatic carbocycles. The zero-order valence-electron chi connectivity index (χ0n) is 7.68. The van der Waals surface area contributed by atoms with Gasteiger partial charge in [0.25, 0.3) is 0 Å². The number of benzene rings is 1. The predicted molar refractivity (Wildman–Crippen MR) is 54.8 cm³/mol. The summed E-state index contributed by atoms with van der Waals surface area (Å²) in [5.74, 6) is 0.660. The fourth-order valence-electron chi connectivity index (χ4n) is 1.39. The largest absolute Gasteiger partial charge is 0.0843 e. The second-order valence-corrected chi connectivity index (χ2v) is 3.68. The van der Waals surface area contributed by atoms with Crippen LogP contribution in [0.5, 0.6) is 0 Å². The van der Waals surface area contributed by atoms with Crippen molar-refractivity contribution in [2.24, 2.45) is 0 Å². The third-order valence-electron chi connectivity index (χ3n) is 2.16. The third-order valence-corrected chi connectivity index (χ3v) is 2.41. The van der Waals surface area contributed by atoms with E-state index < -0.39 is 0 Å². The van der Waals surface area contributed by atoms with Crippen molar-refractivity contribution in [1.82, 2.24) is 0 Å². The first-order chi connectivity index (χ1) is 5.74. The topological polar surface area (TPSA) is 0 Å². The van der Waals surface area contributed by atoms with E-state index in [1.54, 1.807) is 0 Å². The molecule has 0 aliphatic rings. The highest BCUT2D eigenvalue weighted by molar-refractivity contribution is 6.30. The Balaban J connectivity index is 2.68. The molecule has 0 aliphatic heterocycles. The molecule has 66 valence electrons. The molecule has 12 heavy (non-hydrogen) atoms. The summed E-state index contributed by atoms with van der Waals surface area (Å²) in [6, 6.07) is 8.15. The first-order valence-electron chi connectivity index (χ1n) is 4.49. The molecule has 0 nitrogen and oxygen atoms in total. The average molecular weight is 183 g/mol. The highest BCUT2D eigenvalue weighted by atomic mass is 35.5. The first-order valence-corrected chi connectivity index (χ1v) is 4.87. The van der Waals surface area contributed by atoms with Gasteiger partial charge in [0.1, 0.15) is 0 Å². The van der Waals surface area contributed by atoms with Gasteiger partial charge in [-0.2, -0.15) is 0 Å². The van der Waals surface area contributed by atoms with Gasteiger partial charge in [-0.1, -0.05) is 44.0 Å². The molecule has 1 rings (SSSR count). The van der Waals surface area contributed by atoms with Crippen LogP contribution >= 0.6 is 11.6 Å². The lowest BCUT2D eigenvalue weighted by Crippen LogP contribution is -1.91. The number of hydrogen-bond acceptors (Lipinski definition) is 0. The van der Waals surface area contributed by atoms with E-state index in [1.807, 2.05) is 12.1 Å². The van der Waals surface area contributed by atoms with Gasteiger partial charge in [0, 0.05) is 5.02 Å². The average Bonchev–Trinajstić information content (AvgIpc) is 2.06. The van der Waals surface area contributed by atoms with Crippen molar-refractivity contribution in [2.45, 2.75) is 32.6 Å². The van der Waals surface area contributed by atoms with Crippen LogP contribution in [-0.2, 0) is 0 Å². The maximum absolute atomic E-state index is 5.79. The Bertz CT molecular complexity index is 225. The van der Waals surface area contributed by atoms with Crippen molar-refractivity contribution in [1.29, 1.82) is 0 Å². The molecule has 0 N–H and O–H groups in total. The standard InChI is InChI=1S/C11H15Cl/c1-3-4-9(2)10-5-7-11(12)8-6-10/h5-9H,3-4H2,1-2H3. The Morgan fingerprint density at radius 2 is 1.83 bits per heavy atom. The van der Waals surface area contributed by atoms with Gasteiger partial charge < -0.3 is 0 Å². The van der Waals surface area contributed by atoms with E-state index in [0.717, 1.165) is 5.02 Å². The van der Waals surface area contributed by atoms with Crippen LogP contribution < -0.4 is 0 Å². The zero-order valence-corrected chi connectivity index (χ0v) is 8.43. The Kier molecular flexibility index (Phi) is 3.61. The van der Waals surface area contributed by atoms with Crippen LogP contribution in [0.2, 0.25) is 5.02 Å². The molecule has 0 fully saturated rings. The molecule has 0 aliphatic carbocycles. The minimum absolute atomic E-state index is 0.660. The summed E-state index contributed by atoms with van der Waals surface area (Å²) < 4.78 is 0. The van der Waals surface area contributed by atoms with Gasteiger partial charge in [-0.05, 0) is 30.0 Å². The summed E-state index contributed by atoms with van der Waals surface area (Å²) in [7, 11) is 0. The van der Waals surface area contributed by atoms with Crippen LogP contribution in [0.25, 0.3) is 0 Å². The Hall–Kier alpha value is -0.490. The molecule has 0 radical (unpaired) electrons. The molecular weight excluding hydrogens is 168 g/mol. The second-order valence-electron chi connectivity index (χ2n) is 3.24. The number of rotatable bonds is 3. The van der Waals surface area contributed by atoms with Crippen LogP contribution in [0, 0.1) is 0 Å². The maximum atomic E-state index is 5.79. The minimum atomic E-state index is 0.660. The molecule has 1 aromatic rings. The van der Waals surface area contributed by atoms with Gasteiger partial charge in [0.15, 0.2) is 0 Å².